The standard InChI is InChI=1S/C15H15NO3/c17-13-11-4-7-18-14(11)12(9-2-1-5-16-8-9)10-3-6-19-15(10)13/h3-4,6-7,9,16-17H,1-2,5,8H2. The smallest absolute Gasteiger partial charge is 0.176 e. The summed E-state index contributed by atoms with van der Waals surface area (Å²) in [4.78, 5) is 0. The van der Waals surface area contributed by atoms with Crippen LogP contribution >= 0.6 is 0 Å². The normalized spacial score (nSPS) is 20.3. The number of phenolic OH excluding ortho intramolecular Hbond substituents is 1. The van der Waals surface area contributed by atoms with Gasteiger partial charge in [-0.05, 0) is 31.5 Å². The molecule has 0 spiro atoms. The van der Waals surface area contributed by atoms with Gasteiger partial charge in [-0.2, -0.15) is 0 Å². The summed E-state index contributed by atoms with van der Waals surface area (Å²) < 4.78 is 11.1. The topological polar surface area (TPSA) is 58.5 Å². The molecule has 0 radical (unpaired) electrons. The highest BCUT2D eigenvalue weighted by atomic mass is 16.4. The van der Waals surface area contributed by atoms with Crippen LogP contribution in [0.15, 0.2) is 33.5 Å². The van der Waals surface area contributed by atoms with Gasteiger partial charge in [-0.15, -0.1) is 0 Å². The Kier molecular flexibility index (Phi) is 2.32. The largest absolute Gasteiger partial charge is 0.504 e. The van der Waals surface area contributed by atoms with Crippen LogP contribution < -0.4 is 5.32 Å². The van der Waals surface area contributed by atoms with Gasteiger partial charge in [0.05, 0.1) is 17.9 Å². The van der Waals surface area contributed by atoms with Crippen LogP contribution in [0.5, 0.6) is 5.75 Å². The highest BCUT2D eigenvalue weighted by molar-refractivity contribution is 6.04. The minimum Gasteiger partial charge on any atom is -0.504 e. The van der Waals surface area contributed by atoms with Gasteiger partial charge in [-0.3, -0.25) is 0 Å². The van der Waals surface area contributed by atoms with E-state index in [4.69, 9.17) is 8.83 Å². The molecule has 3 heterocycles. The zero-order valence-corrected chi connectivity index (χ0v) is 10.5. The van der Waals surface area contributed by atoms with Crippen molar-refractivity contribution >= 4 is 21.9 Å². The van der Waals surface area contributed by atoms with Gasteiger partial charge in [0.25, 0.3) is 0 Å². The van der Waals surface area contributed by atoms with Gasteiger partial charge in [0, 0.05) is 23.4 Å². The van der Waals surface area contributed by atoms with Crippen LogP contribution in [0.3, 0.4) is 0 Å². The van der Waals surface area contributed by atoms with E-state index < -0.39 is 0 Å². The first-order valence-electron chi connectivity index (χ1n) is 6.66. The molecular weight excluding hydrogens is 242 g/mol. The maximum atomic E-state index is 10.2. The van der Waals surface area contributed by atoms with E-state index in [1.54, 1.807) is 18.6 Å². The van der Waals surface area contributed by atoms with E-state index in [2.05, 4.69) is 5.32 Å². The lowest BCUT2D eigenvalue weighted by Crippen LogP contribution is -2.28. The van der Waals surface area contributed by atoms with E-state index >= 15 is 0 Å². The van der Waals surface area contributed by atoms with Crippen LogP contribution in [0, 0.1) is 0 Å². The summed E-state index contributed by atoms with van der Waals surface area (Å²) in [7, 11) is 0. The number of furan rings is 2. The van der Waals surface area contributed by atoms with Crippen LogP contribution in [-0.4, -0.2) is 18.2 Å². The summed E-state index contributed by atoms with van der Waals surface area (Å²) in [6.45, 7) is 2.02. The number of nitrogens with one attached hydrogen (secondary N) is 1. The molecule has 0 amide bonds. The molecule has 1 atom stereocenters. The highest BCUT2D eigenvalue weighted by Gasteiger charge is 2.25. The van der Waals surface area contributed by atoms with Crippen molar-refractivity contribution < 1.29 is 13.9 Å². The third-order valence-electron chi connectivity index (χ3n) is 4.04. The van der Waals surface area contributed by atoms with Crippen molar-refractivity contribution in [2.24, 2.45) is 0 Å². The molecular formula is C15H15NO3. The molecule has 2 aromatic heterocycles. The highest BCUT2D eigenvalue weighted by Crippen LogP contribution is 2.42. The molecule has 2 N–H and O–H groups in total. The lowest BCUT2D eigenvalue weighted by Gasteiger charge is -2.23. The number of piperidine rings is 1. The van der Waals surface area contributed by atoms with Crippen LogP contribution in [0.1, 0.15) is 24.3 Å². The van der Waals surface area contributed by atoms with E-state index in [1.807, 2.05) is 6.07 Å². The molecule has 0 aliphatic carbocycles. The number of phenols is 1. The summed E-state index contributed by atoms with van der Waals surface area (Å²) in [5.74, 6) is 0.583. The van der Waals surface area contributed by atoms with Crippen molar-refractivity contribution in [3.05, 3.63) is 30.2 Å². The molecule has 0 saturated carbocycles. The van der Waals surface area contributed by atoms with Crippen molar-refractivity contribution in [3.8, 4) is 5.75 Å². The van der Waals surface area contributed by atoms with Crippen molar-refractivity contribution in [2.45, 2.75) is 18.8 Å². The fraction of sp³-hybridized carbons (Fsp3) is 0.333. The Morgan fingerprint density at radius 1 is 1.11 bits per heavy atom. The van der Waals surface area contributed by atoms with Gasteiger partial charge < -0.3 is 19.3 Å². The van der Waals surface area contributed by atoms with E-state index in [0.29, 0.717) is 11.5 Å². The maximum absolute atomic E-state index is 10.2. The Labute approximate surface area is 110 Å². The zero-order chi connectivity index (χ0) is 12.8. The molecule has 4 rings (SSSR count). The second-order valence-corrected chi connectivity index (χ2v) is 5.13. The number of aromatic hydroxyl groups is 1. The fourth-order valence-corrected chi connectivity index (χ4v) is 3.16. The SMILES string of the molecule is Oc1c2ccoc2c(C2CCCNC2)c2ccoc12. The fourth-order valence-electron chi connectivity index (χ4n) is 3.16. The predicted octanol–water partition coefficient (Wildman–Crippen LogP) is 3.35. The van der Waals surface area contributed by atoms with Gasteiger partial charge in [0.1, 0.15) is 5.58 Å². The third-order valence-corrected chi connectivity index (χ3v) is 4.04. The van der Waals surface area contributed by atoms with Gasteiger partial charge in [-0.1, -0.05) is 0 Å². The van der Waals surface area contributed by atoms with Gasteiger partial charge in [0.2, 0.25) is 0 Å². The van der Waals surface area contributed by atoms with Crippen molar-refractivity contribution in [1.29, 1.82) is 0 Å². The quantitative estimate of drug-likeness (QED) is 0.702. The Balaban J connectivity index is 2.06. The second-order valence-electron chi connectivity index (χ2n) is 5.13. The van der Waals surface area contributed by atoms with Crippen LogP contribution in [0.4, 0.5) is 0 Å². The number of benzene rings is 1. The monoisotopic (exact) mass is 257 g/mol. The second kappa shape index (κ2) is 4.03. The lowest BCUT2D eigenvalue weighted by molar-refractivity contribution is 0.457. The Morgan fingerprint density at radius 3 is 2.68 bits per heavy atom. The first-order valence-corrected chi connectivity index (χ1v) is 6.66. The molecule has 1 unspecified atom stereocenters. The maximum Gasteiger partial charge on any atom is 0.176 e. The molecule has 4 heteroatoms. The zero-order valence-electron chi connectivity index (χ0n) is 10.5. The first kappa shape index (κ1) is 10.9. The minimum atomic E-state index is 0.177. The van der Waals surface area contributed by atoms with Crippen molar-refractivity contribution in [1.82, 2.24) is 5.32 Å². The number of hydrogen-bond donors (Lipinski definition) is 2. The number of hydrogen-bond acceptors (Lipinski definition) is 4. The summed E-state index contributed by atoms with van der Waals surface area (Å²) in [5, 5.41) is 15.4. The summed E-state index contributed by atoms with van der Waals surface area (Å²) in [6, 6.07) is 3.72. The molecule has 1 aliphatic heterocycles. The lowest BCUT2D eigenvalue weighted by atomic mass is 9.88. The molecule has 98 valence electrons. The minimum absolute atomic E-state index is 0.177. The Bertz CT molecular complexity index is 683. The molecule has 1 fully saturated rings. The van der Waals surface area contributed by atoms with Crippen LogP contribution in [-0.2, 0) is 0 Å². The Hall–Kier alpha value is -1.94. The average molecular weight is 257 g/mol. The van der Waals surface area contributed by atoms with Crippen LogP contribution in [0.25, 0.3) is 21.9 Å². The molecule has 0 bridgehead atoms. The van der Waals surface area contributed by atoms with Gasteiger partial charge in [0.15, 0.2) is 11.3 Å². The molecule has 3 aromatic rings. The number of fused-ring (bicyclic) bond motifs is 2. The molecule has 1 aromatic carbocycles. The summed E-state index contributed by atoms with van der Waals surface area (Å²) in [6.07, 6.45) is 5.55. The molecule has 1 aliphatic rings. The van der Waals surface area contributed by atoms with Crippen molar-refractivity contribution in [3.63, 3.8) is 0 Å². The van der Waals surface area contributed by atoms with Crippen LogP contribution in [0.2, 0.25) is 0 Å². The predicted molar refractivity (Wildman–Crippen MR) is 72.5 cm³/mol. The van der Waals surface area contributed by atoms with E-state index in [9.17, 15) is 5.11 Å². The third kappa shape index (κ3) is 1.50. The van der Waals surface area contributed by atoms with E-state index in [1.165, 1.54) is 0 Å². The molecule has 4 nitrogen and oxygen atoms in total. The van der Waals surface area contributed by atoms with Gasteiger partial charge in [-0.25, -0.2) is 0 Å². The summed E-state index contributed by atoms with van der Waals surface area (Å²) >= 11 is 0. The molecule has 1 saturated heterocycles. The molecule has 19 heavy (non-hydrogen) atoms. The van der Waals surface area contributed by atoms with E-state index in [-0.39, 0.29) is 5.75 Å². The first-order chi connectivity index (χ1) is 9.36. The van der Waals surface area contributed by atoms with Crippen molar-refractivity contribution in [2.75, 3.05) is 13.1 Å². The summed E-state index contributed by atoms with van der Waals surface area (Å²) in [5.41, 5.74) is 2.52. The van der Waals surface area contributed by atoms with Gasteiger partial charge >= 0.3 is 0 Å². The average Bonchev–Trinajstić information content (AvgIpc) is 3.09. The van der Waals surface area contributed by atoms with E-state index in [0.717, 1.165) is 47.9 Å². The Morgan fingerprint density at radius 2 is 1.89 bits per heavy atom. The number of rotatable bonds is 1.